The molecule has 0 aliphatic rings. The summed E-state index contributed by atoms with van der Waals surface area (Å²) < 4.78 is 11.6. The van der Waals surface area contributed by atoms with Crippen molar-refractivity contribution in [2.24, 2.45) is 0 Å². The fourth-order valence-corrected chi connectivity index (χ4v) is 2.56. The van der Waals surface area contributed by atoms with Crippen molar-refractivity contribution in [1.29, 1.82) is 0 Å². The van der Waals surface area contributed by atoms with E-state index in [0.717, 1.165) is 11.3 Å². The van der Waals surface area contributed by atoms with Crippen LogP contribution >= 0.6 is 11.3 Å². The second kappa shape index (κ2) is 5.84. The highest BCUT2D eigenvalue weighted by Gasteiger charge is 2.07. The van der Waals surface area contributed by atoms with Crippen LogP contribution in [0.1, 0.15) is 5.56 Å². The summed E-state index contributed by atoms with van der Waals surface area (Å²) in [5, 5.41) is 11.7. The first kappa shape index (κ1) is 12.9. The van der Waals surface area contributed by atoms with E-state index in [1.807, 2.05) is 11.4 Å². The van der Waals surface area contributed by atoms with Gasteiger partial charge < -0.3 is 14.6 Å². The average molecular weight is 266 g/mol. The quantitative estimate of drug-likeness (QED) is 0.816. The number of aliphatic carboxylic acids is 1. The number of hydrogen-bond acceptors (Lipinski definition) is 4. The van der Waals surface area contributed by atoms with Gasteiger partial charge >= 0.3 is 5.97 Å². The highest BCUT2D eigenvalue weighted by molar-refractivity contribution is 7.17. The second-order valence-corrected chi connectivity index (χ2v) is 4.77. The molecule has 0 saturated heterocycles. The largest absolute Gasteiger partial charge is 0.496 e. The Balaban J connectivity index is 2.08. The molecule has 0 aliphatic heterocycles. The summed E-state index contributed by atoms with van der Waals surface area (Å²) in [7, 11) is 1.64. The molecule has 0 bridgehead atoms. The van der Waals surface area contributed by atoms with Gasteiger partial charge in [0.05, 0.1) is 13.7 Å². The molecule has 2 aromatic rings. The predicted octanol–water partition coefficient (Wildman–Crippen LogP) is 2.55. The lowest BCUT2D eigenvalue weighted by molar-refractivity contribution is -0.142. The minimum atomic E-state index is -0.949. The molecule has 1 N–H and O–H groups in total. The van der Waals surface area contributed by atoms with Crippen molar-refractivity contribution in [3.8, 4) is 5.75 Å². The zero-order valence-corrected chi connectivity index (χ0v) is 10.8. The Kier molecular flexibility index (Phi) is 4.17. The van der Waals surface area contributed by atoms with E-state index in [1.165, 1.54) is 10.1 Å². The highest BCUT2D eigenvalue weighted by atomic mass is 32.1. The van der Waals surface area contributed by atoms with Crippen molar-refractivity contribution in [2.75, 3.05) is 20.3 Å². The van der Waals surface area contributed by atoms with E-state index < -0.39 is 5.97 Å². The summed E-state index contributed by atoms with van der Waals surface area (Å²) in [4.78, 5) is 10.3. The van der Waals surface area contributed by atoms with Crippen LogP contribution in [0.3, 0.4) is 0 Å². The Labute approximate surface area is 109 Å². The van der Waals surface area contributed by atoms with Gasteiger partial charge in [-0.1, -0.05) is 0 Å². The van der Waals surface area contributed by atoms with Gasteiger partial charge in [0, 0.05) is 4.70 Å². The lowest BCUT2D eigenvalue weighted by atomic mass is 10.1. The van der Waals surface area contributed by atoms with Crippen molar-refractivity contribution >= 4 is 27.4 Å². The van der Waals surface area contributed by atoms with E-state index in [1.54, 1.807) is 18.4 Å². The van der Waals surface area contributed by atoms with E-state index >= 15 is 0 Å². The summed E-state index contributed by atoms with van der Waals surface area (Å²) >= 11 is 1.67. The van der Waals surface area contributed by atoms with Crippen molar-refractivity contribution in [3.05, 3.63) is 29.1 Å². The van der Waals surface area contributed by atoms with Crippen LogP contribution in [0.5, 0.6) is 5.75 Å². The molecule has 1 aromatic carbocycles. The lowest BCUT2D eigenvalue weighted by Crippen LogP contribution is -2.09. The standard InChI is InChI=1S/C13H14O4S/c1-16-11-7-12-10(3-5-18-12)6-9(11)2-4-17-8-13(14)15/h3,5-7H,2,4,8H2,1H3,(H,14,15). The van der Waals surface area contributed by atoms with Crippen LogP contribution in [-0.4, -0.2) is 31.4 Å². The molecule has 0 atom stereocenters. The first-order valence-electron chi connectivity index (χ1n) is 5.54. The minimum Gasteiger partial charge on any atom is -0.496 e. The van der Waals surface area contributed by atoms with E-state index in [2.05, 4.69) is 12.1 Å². The first-order valence-corrected chi connectivity index (χ1v) is 6.42. The van der Waals surface area contributed by atoms with Gasteiger partial charge in [-0.05, 0) is 40.9 Å². The highest BCUT2D eigenvalue weighted by Crippen LogP contribution is 2.29. The molecule has 2 rings (SSSR count). The molecule has 0 aliphatic carbocycles. The van der Waals surface area contributed by atoms with Gasteiger partial charge in [0.1, 0.15) is 12.4 Å². The van der Waals surface area contributed by atoms with Crippen LogP contribution in [-0.2, 0) is 16.0 Å². The first-order chi connectivity index (χ1) is 8.70. The van der Waals surface area contributed by atoms with Gasteiger partial charge in [0.15, 0.2) is 0 Å². The summed E-state index contributed by atoms with van der Waals surface area (Å²) in [6.07, 6.45) is 0.641. The number of rotatable bonds is 6. The number of thiophene rings is 1. The van der Waals surface area contributed by atoms with Gasteiger partial charge in [-0.25, -0.2) is 4.79 Å². The van der Waals surface area contributed by atoms with Crippen LogP contribution in [0.25, 0.3) is 10.1 Å². The molecule has 0 radical (unpaired) electrons. The number of methoxy groups -OCH3 is 1. The van der Waals surface area contributed by atoms with Gasteiger partial charge in [0.2, 0.25) is 0 Å². The fraction of sp³-hybridized carbons (Fsp3) is 0.308. The van der Waals surface area contributed by atoms with E-state index in [9.17, 15) is 4.79 Å². The summed E-state index contributed by atoms with van der Waals surface area (Å²) in [6.45, 7) is 0.112. The maximum Gasteiger partial charge on any atom is 0.329 e. The van der Waals surface area contributed by atoms with Crippen LogP contribution < -0.4 is 4.74 Å². The molecule has 0 fully saturated rings. The van der Waals surface area contributed by atoms with Gasteiger partial charge in [-0.15, -0.1) is 11.3 Å². The zero-order chi connectivity index (χ0) is 13.0. The van der Waals surface area contributed by atoms with Crippen LogP contribution in [0, 0.1) is 0 Å². The van der Waals surface area contributed by atoms with E-state index in [0.29, 0.717) is 13.0 Å². The van der Waals surface area contributed by atoms with Gasteiger partial charge in [-0.3, -0.25) is 0 Å². The molecule has 5 heteroatoms. The third-order valence-corrected chi connectivity index (χ3v) is 3.48. The zero-order valence-electron chi connectivity index (χ0n) is 10.0. The Morgan fingerprint density at radius 3 is 3.00 bits per heavy atom. The van der Waals surface area contributed by atoms with E-state index in [4.69, 9.17) is 14.6 Å². The maximum atomic E-state index is 10.3. The van der Waals surface area contributed by atoms with Crippen molar-refractivity contribution in [2.45, 2.75) is 6.42 Å². The van der Waals surface area contributed by atoms with Crippen molar-refractivity contribution < 1.29 is 19.4 Å². The normalized spacial score (nSPS) is 10.7. The molecule has 1 heterocycles. The molecule has 96 valence electrons. The number of fused-ring (bicyclic) bond motifs is 1. The molecular formula is C13H14O4S. The molecule has 1 aromatic heterocycles. The van der Waals surface area contributed by atoms with Crippen molar-refractivity contribution in [1.82, 2.24) is 0 Å². The topological polar surface area (TPSA) is 55.8 Å². The van der Waals surface area contributed by atoms with E-state index in [-0.39, 0.29) is 6.61 Å². The smallest absolute Gasteiger partial charge is 0.329 e. The molecule has 0 unspecified atom stereocenters. The molecular weight excluding hydrogens is 252 g/mol. The summed E-state index contributed by atoms with van der Waals surface area (Å²) in [5.41, 5.74) is 1.04. The monoisotopic (exact) mass is 266 g/mol. The molecule has 0 spiro atoms. The molecule has 0 amide bonds. The number of carboxylic acids is 1. The summed E-state index contributed by atoms with van der Waals surface area (Å²) in [5.74, 6) is -0.126. The predicted molar refractivity (Wildman–Crippen MR) is 70.5 cm³/mol. The van der Waals surface area contributed by atoms with Crippen LogP contribution in [0.15, 0.2) is 23.6 Å². The van der Waals surface area contributed by atoms with Gasteiger partial charge in [0.25, 0.3) is 0 Å². The van der Waals surface area contributed by atoms with Crippen molar-refractivity contribution in [3.63, 3.8) is 0 Å². The Hall–Kier alpha value is -1.59. The fourth-order valence-electron chi connectivity index (χ4n) is 1.76. The van der Waals surface area contributed by atoms with Crippen LogP contribution in [0.2, 0.25) is 0 Å². The maximum absolute atomic E-state index is 10.3. The second-order valence-electron chi connectivity index (χ2n) is 3.82. The third-order valence-electron chi connectivity index (χ3n) is 2.60. The summed E-state index contributed by atoms with van der Waals surface area (Å²) in [6, 6.07) is 6.13. The Morgan fingerprint density at radius 2 is 2.28 bits per heavy atom. The Morgan fingerprint density at radius 1 is 1.44 bits per heavy atom. The molecule has 0 saturated carbocycles. The number of hydrogen-bond donors (Lipinski definition) is 1. The lowest BCUT2D eigenvalue weighted by Gasteiger charge is -2.09. The SMILES string of the molecule is COc1cc2sccc2cc1CCOCC(=O)O. The number of carboxylic acid groups (broad SMARTS) is 1. The third kappa shape index (κ3) is 3.00. The van der Waals surface area contributed by atoms with Crippen LogP contribution in [0.4, 0.5) is 0 Å². The molecule has 18 heavy (non-hydrogen) atoms. The number of ether oxygens (including phenoxy) is 2. The minimum absolute atomic E-state index is 0.261. The number of carbonyl (C=O) groups is 1. The Bertz CT molecular complexity index is 547. The number of benzene rings is 1. The molecule has 4 nitrogen and oxygen atoms in total. The average Bonchev–Trinajstić information content (AvgIpc) is 2.80. The van der Waals surface area contributed by atoms with Gasteiger partial charge in [-0.2, -0.15) is 0 Å².